The summed E-state index contributed by atoms with van der Waals surface area (Å²) in [7, 11) is 0. The van der Waals surface area contributed by atoms with E-state index in [0.29, 0.717) is 24.7 Å². The molecule has 5 rings (SSSR count). The largest absolute Gasteiger partial charge is 0.381 e. The van der Waals surface area contributed by atoms with Gasteiger partial charge >= 0.3 is 0 Å². The van der Waals surface area contributed by atoms with Gasteiger partial charge in [-0.1, -0.05) is 46.3 Å². The Morgan fingerprint density at radius 3 is 2.67 bits per heavy atom. The topological polar surface area (TPSA) is 69.0 Å². The molecule has 0 atom stereocenters. The first kappa shape index (κ1) is 16.6. The van der Waals surface area contributed by atoms with Crippen LogP contribution in [0.3, 0.4) is 0 Å². The zero-order valence-electron chi connectivity index (χ0n) is 14.5. The first-order valence-electron chi connectivity index (χ1n) is 8.89. The zero-order valence-corrected chi connectivity index (χ0v) is 16.1. The van der Waals surface area contributed by atoms with E-state index in [4.69, 9.17) is 9.84 Å². The van der Waals surface area contributed by atoms with Crippen molar-refractivity contribution < 1.29 is 4.74 Å². The third-order valence-corrected chi connectivity index (χ3v) is 5.67. The highest BCUT2D eigenvalue weighted by Gasteiger charge is 2.41. The number of nitrogens with one attached hydrogen (secondary N) is 1. The maximum Gasteiger partial charge on any atom is 0.300 e. The van der Waals surface area contributed by atoms with Gasteiger partial charge in [-0.3, -0.25) is 4.79 Å². The Morgan fingerprint density at radius 1 is 1.11 bits per heavy atom. The minimum Gasteiger partial charge on any atom is -0.381 e. The molecule has 1 spiro atoms. The van der Waals surface area contributed by atoms with E-state index < -0.39 is 5.66 Å². The highest BCUT2D eigenvalue weighted by molar-refractivity contribution is 9.10. The summed E-state index contributed by atoms with van der Waals surface area (Å²) < 4.78 is 8.41. The molecule has 0 aliphatic carbocycles. The molecule has 3 heterocycles. The van der Waals surface area contributed by atoms with Crippen LogP contribution in [0, 0.1) is 0 Å². The van der Waals surface area contributed by atoms with Gasteiger partial charge in [-0.25, -0.2) is 4.68 Å². The molecule has 0 saturated carbocycles. The van der Waals surface area contributed by atoms with Crippen molar-refractivity contribution in [3.05, 3.63) is 63.4 Å². The fraction of sp³-hybridized carbons (Fsp3) is 0.250. The van der Waals surface area contributed by atoms with Crippen LogP contribution in [0.15, 0.2) is 57.8 Å². The predicted octanol–water partition coefficient (Wildman–Crippen LogP) is 3.62. The molecule has 2 aromatic carbocycles. The first-order valence-corrected chi connectivity index (χ1v) is 9.69. The number of anilines is 1. The number of nitrogens with zero attached hydrogens (tertiary/aromatic N) is 3. The Balaban J connectivity index is 1.79. The summed E-state index contributed by atoms with van der Waals surface area (Å²) in [5.74, 6) is 0.594. The van der Waals surface area contributed by atoms with Gasteiger partial charge in [-0.15, -0.1) is 0 Å². The number of rotatable bonds is 1. The van der Waals surface area contributed by atoms with Crippen LogP contribution >= 0.6 is 15.9 Å². The van der Waals surface area contributed by atoms with Crippen LogP contribution in [0.25, 0.3) is 22.6 Å². The highest BCUT2D eigenvalue weighted by Crippen LogP contribution is 2.42. The molecule has 1 aromatic heterocycles. The number of hydrogen-bond acceptors (Lipinski definition) is 5. The molecule has 2 aliphatic rings. The number of halogens is 1. The van der Waals surface area contributed by atoms with E-state index in [1.54, 1.807) is 0 Å². The highest BCUT2D eigenvalue weighted by atomic mass is 79.9. The van der Waals surface area contributed by atoms with E-state index in [1.165, 1.54) is 0 Å². The van der Waals surface area contributed by atoms with Crippen molar-refractivity contribution in [2.45, 2.75) is 18.5 Å². The minimum atomic E-state index is -0.446. The lowest BCUT2D eigenvalue weighted by Crippen LogP contribution is -2.50. The Hall–Kier alpha value is -2.51. The molecule has 1 fully saturated rings. The molecular weight excluding hydrogens is 408 g/mol. The lowest BCUT2D eigenvalue weighted by Gasteiger charge is -2.43. The van der Waals surface area contributed by atoms with E-state index >= 15 is 0 Å². The van der Waals surface area contributed by atoms with Crippen LogP contribution in [-0.4, -0.2) is 28.0 Å². The van der Waals surface area contributed by atoms with E-state index in [0.717, 1.165) is 34.1 Å². The molecule has 0 unspecified atom stereocenters. The van der Waals surface area contributed by atoms with Crippen molar-refractivity contribution >= 4 is 21.6 Å². The van der Waals surface area contributed by atoms with Gasteiger partial charge in [-0.05, 0) is 18.2 Å². The van der Waals surface area contributed by atoms with Crippen LogP contribution in [0.5, 0.6) is 0 Å². The molecule has 27 heavy (non-hydrogen) atoms. The third-order valence-electron chi connectivity index (χ3n) is 5.17. The van der Waals surface area contributed by atoms with E-state index in [9.17, 15) is 4.79 Å². The van der Waals surface area contributed by atoms with Crippen molar-refractivity contribution in [2.24, 2.45) is 0 Å². The van der Waals surface area contributed by atoms with Gasteiger partial charge in [0.1, 0.15) is 5.66 Å². The molecule has 0 bridgehead atoms. The van der Waals surface area contributed by atoms with Crippen LogP contribution in [0.1, 0.15) is 12.8 Å². The summed E-state index contributed by atoms with van der Waals surface area (Å²) in [6, 6.07) is 15.4. The molecule has 6 nitrogen and oxygen atoms in total. The summed E-state index contributed by atoms with van der Waals surface area (Å²) >= 11 is 3.52. The third kappa shape index (κ3) is 2.69. The Kier molecular flexibility index (Phi) is 3.87. The number of ether oxygens (including phenoxy) is 1. The molecular formula is C20H17BrN4O2. The number of benzene rings is 2. The molecule has 3 aromatic rings. The number of hydrogen-bond donors (Lipinski definition) is 1. The summed E-state index contributed by atoms with van der Waals surface area (Å²) in [4.78, 5) is 17.3. The number of aromatic nitrogens is 3. The maximum absolute atomic E-state index is 12.8. The molecule has 136 valence electrons. The average molecular weight is 425 g/mol. The zero-order chi connectivity index (χ0) is 18.4. The van der Waals surface area contributed by atoms with E-state index in [1.807, 2.05) is 53.2 Å². The molecule has 7 heteroatoms. The number of fused-ring (bicyclic) bond motifs is 4. The van der Waals surface area contributed by atoms with Gasteiger partial charge in [0.05, 0.1) is 13.2 Å². The second kappa shape index (κ2) is 6.28. The van der Waals surface area contributed by atoms with Crippen molar-refractivity contribution in [1.29, 1.82) is 0 Å². The lowest BCUT2D eigenvalue weighted by atomic mass is 9.95. The average Bonchev–Trinajstić information content (AvgIpc) is 2.70. The Bertz CT molecular complexity index is 1080. The second-order valence-corrected chi connectivity index (χ2v) is 7.74. The summed E-state index contributed by atoms with van der Waals surface area (Å²) in [5, 5.41) is 8.45. The molecule has 0 amide bonds. The smallest absolute Gasteiger partial charge is 0.300 e. The molecule has 2 aliphatic heterocycles. The molecule has 1 saturated heterocycles. The predicted molar refractivity (Wildman–Crippen MR) is 107 cm³/mol. The normalized spacial score (nSPS) is 17.1. The van der Waals surface area contributed by atoms with Crippen molar-refractivity contribution in [3.63, 3.8) is 0 Å². The van der Waals surface area contributed by atoms with Gasteiger partial charge in [0, 0.05) is 34.1 Å². The molecule has 1 N–H and O–H groups in total. The summed E-state index contributed by atoms with van der Waals surface area (Å²) in [6.07, 6.45) is 1.50. The van der Waals surface area contributed by atoms with E-state index in [-0.39, 0.29) is 5.56 Å². The van der Waals surface area contributed by atoms with Crippen LogP contribution in [0.2, 0.25) is 0 Å². The van der Waals surface area contributed by atoms with E-state index in [2.05, 4.69) is 26.2 Å². The fourth-order valence-corrected chi connectivity index (χ4v) is 4.16. The van der Waals surface area contributed by atoms with Gasteiger partial charge in [-0.2, -0.15) is 10.1 Å². The summed E-state index contributed by atoms with van der Waals surface area (Å²) in [6.45, 7) is 1.26. The maximum atomic E-state index is 12.8. The summed E-state index contributed by atoms with van der Waals surface area (Å²) in [5.41, 5.74) is 2.20. The standard InChI is InChI=1S/C20H17BrN4O2/c21-14-6-7-16-15(12-14)18-22-19(26)17(13-4-2-1-3-5-13)24-25(18)20(23-16)8-10-27-11-9-20/h1-7,12,23H,8-11H2. The van der Waals surface area contributed by atoms with Crippen molar-refractivity contribution in [3.8, 4) is 22.6 Å². The van der Waals surface area contributed by atoms with Gasteiger partial charge in [0.25, 0.3) is 5.56 Å². The molecule has 0 radical (unpaired) electrons. The quantitative estimate of drug-likeness (QED) is 0.645. The van der Waals surface area contributed by atoms with Crippen molar-refractivity contribution in [2.75, 3.05) is 18.5 Å². The van der Waals surface area contributed by atoms with Crippen LogP contribution < -0.4 is 10.9 Å². The lowest BCUT2D eigenvalue weighted by molar-refractivity contribution is 0.0273. The first-order chi connectivity index (χ1) is 13.2. The second-order valence-electron chi connectivity index (χ2n) is 6.83. The SMILES string of the molecule is O=c1nc2n(nc1-c1ccccc1)C1(CCOCC1)Nc1ccc(Br)cc1-2. The van der Waals surface area contributed by atoms with Crippen LogP contribution in [-0.2, 0) is 10.4 Å². The van der Waals surface area contributed by atoms with Gasteiger partial charge in [0.15, 0.2) is 11.5 Å². The van der Waals surface area contributed by atoms with Gasteiger partial charge < -0.3 is 10.1 Å². The minimum absolute atomic E-state index is 0.317. The fourth-order valence-electron chi connectivity index (χ4n) is 3.80. The Morgan fingerprint density at radius 2 is 1.89 bits per heavy atom. The Labute approximate surface area is 164 Å². The van der Waals surface area contributed by atoms with Crippen molar-refractivity contribution in [1.82, 2.24) is 14.8 Å². The van der Waals surface area contributed by atoms with Crippen LogP contribution in [0.4, 0.5) is 5.69 Å². The van der Waals surface area contributed by atoms with Gasteiger partial charge in [0.2, 0.25) is 0 Å². The monoisotopic (exact) mass is 424 g/mol.